The smallest absolute Gasteiger partial charge is 0.340 e. The summed E-state index contributed by atoms with van der Waals surface area (Å²) in [7, 11) is -1.92. The van der Waals surface area contributed by atoms with Gasteiger partial charge in [0, 0.05) is 7.05 Å². The van der Waals surface area contributed by atoms with Gasteiger partial charge in [0.2, 0.25) is 10.0 Å². The molecule has 9 heteroatoms. The monoisotopic (exact) mass is 420 g/mol. The minimum atomic E-state index is -3.36. The summed E-state index contributed by atoms with van der Waals surface area (Å²) in [5.41, 5.74) is 1.06. The molecule has 0 unspecified atom stereocenters. The lowest BCUT2D eigenvalue weighted by Crippen LogP contribution is -2.31. The summed E-state index contributed by atoms with van der Waals surface area (Å²) in [6.45, 7) is 3.50. The molecule has 8 nitrogen and oxygen atoms in total. The molecule has 0 saturated carbocycles. The Kier molecular flexibility index (Phi) is 7.22. The number of ether oxygens (including phenoxy) is 2. The van der Waals surface area contributed by atoms with Crippen molar-refractivity contribution in [2.24, 2.45) is 0 Å². The minimum Gasteiger partial charge on any atom is -0.481 e. The second kappa shape index (κ2) is 9.42. The summed E-state index contributed by atoms with van der Waals surface area (Å²) >= 11 is 0. The quantitative estimate of drug-likeness (QED) is 0.659. The first-order valence-electron chi connectivity index (χ1n) is 8.91. The minimum absolute atomic E-state index is 0.227. The lowest BCUT2D eigenvalue weighted by molar-refractivity contribution is -0.122. The summed E-state index contributed by atoms with van der Waals surface area (Å²) in [6.07, 6.45) is 0.251. The molecule has 2 aromatic carbocycles. The van der Waals surface area contributed by atoms with Crippen LogP contribution in [0.4, 0.5) is 11.4 Å². The van der Waals surface area contributed by atoms with Gasteiger partial charge in [0.1, 0.15) is 5.75 Å². The fraction of sp³-hybridized carbons (Fsp3) is 0.300. The zero-order valence-electron chi connectivity index (χ0n) is 16.7. The number of hydrogen-bond acceptors (Lipinski definition) is 6. The second-order valence-corrected chi connectivity index (χ2v) is 8.25. The Hall–Kier alpha value is -3.07. The van der Waals surface area contributed by atoms with Crippen LogP contribution in [0.5, 0.6) is 5.75 Å². The molecule has 29 heavy (non-hydrogen) atoms. The number of rotatable bonds is 8. The van der Waals surface area contributed by atoms with Crippen LogP contribution in [0.3, 0.4) is 0 Å². The number of nitrogens with one attached hydrogen (secondary N) is 1. The molecule has 0 fully saturated rings. The number of nitrogens with zero attached hydrogens (tertiary/aromatic N) is 1. The van der Waals surface area contributed by atoms with Gasteiger partial charge in [-0.1, -0.05) is 12.1 Å². The fourth-order valence-corrected chi connectivity index (χ4v) is 2.90. The highest BCUT2D eigenvalue weighted by Crippen LogP contribution is 2.22. The van der Waals surface area contributed by atoms with E-state index in [0.29, 0.717) is 17.1 Å². The number of hydrogen-bond donors (Lipinski definition) is 1. The Morgan fingerprint density at radius 1 is 1.10 bits per heavy atom. The molecule has 0 aliphatic carbocycles. The van der Waals surface area contributed by atoms with Crippen molar-refractivity contribution in [2.45, 2.75) is 20.0 Å². The standard InChI is InChI=1S/C20H24N2O6S/c1-5-27-20(24)17-8-6-7-9-18(17)21-19(23)14(2)28-16-12-10-15(11-13-16)22(3)29(4,25)26/h6-14H,5H2,1-4H3,(H,21,23)/t14-/m1/s1. The van der Waals surface area contributed by atoms with Crippen molar-refractivity contribution in [3.63, 3.8) is 0 Å². The second-order valence-electron chi connectivity index (χ2n) is 6.24. The number of carbonyl (C=O) groups excluding carboxylic acids is 2. The average Bonchev–Trinajstić information content (AvgIpc) is 2.67. The van der Waals surface area contributed by atoms with Crippen molar-refractivity contribution in [3.05, 3.63) is 54.1 Å². The molecule has 0 aromatic heterocycles. The van der Waals surface area contributed by atoms with E-state index < -0.39 is 28.0 Å². The first kappa shape index (κ1) is 22.2. The van der Waals surface area contributed by atoms with E-state index in [9.17, 15) is 18.0 Å². The van der Waals surface area contributed by atoms with Gasteiger partial charge in [-0.05, 0) is 50.2 Å². The zero-order chi connectivity index (χ0) is 21.6. The van der Waals surface area contributed by atoms with Gasteiger partial charge >= 0.3 is 5.97 Å². The highest BCUT2D eigenvalue weighted by Gasteiger charge is 2.19. The van der Waals surface area contributed by atoms with E-state index in [2.05, 4.69) is 5.32 Å². The Balaban J connectivity index is 2.06. The summed E-state index contributed by atoms with van der Waals surface area (Å²) in [5.74, 6) is -0.571. The van der Waals surface area contributed by atoms with Crippen LogP contribution in [0.1, 0.15) is 24.2 Å². The molecule has 0 aliphatic rings. The van der Waals surface area contributed by atoms with E-state index in [0.717, 1.165) is 10.6 Å². The normalized spacial score (nSPS) is 12.0. The molecule has 0 aliphatic heterocycles. The van der Waals surface area contributed by atoms with Crippen LogP contribution in [0.15, 0.2) is 48.5 Å². The van der Waals surface area contributed by atoms with Gasteiger partial charge in [-0.25, -0.2) is 13.2 Å². The highest BCUT2D eigenvalue weighted by molar-refractivity contribution is 7.92. The predicted molar refractivity (Wildman–Crippen MR) is 111 cm³/mol. The van der Waals surface area contributed by atoms with Crippen LogP contribution in [0.2, 0.25) is 0 Å². The van der Waals surface area contributed by atoms with Gasteiger partial charge in [-0.2, -0.15) is 0 Å². The number of carbonyl (C=O) groups is 2. The van der Waals surface area contributed by atoms with Crippen LogP contribution in [0.25, 0.3) is 0 Å². The first-order valence-corrected chi connectivity index (χ1v) is 10.8. The molecule has 0 radical (unpaired) electrons. The van der Waals surface area contributed by atoms with Crippen molar-refractivity contribution < 1.29 is 27.5 Å². The third kappa shape index (κ3) is 5.95. The molecule has 0 spiro atoms. The Bertz CT molecular complexity index is 973. The van der Waals surface area contributed by atoms with Crippen molar-refractivity contribution in [1.82, 2.24) is 0 Å². The first-order chi connectivity index (χ1) is 13.6. The Morgan fingerprint density at radius 3 is 2.31 bits per heavy atom. The van der Waals surface area contributed by atoms with Gasteiger partial charge < -0.3 is 14.8 Å². The molecule has 1 atom stereocenters. The van der Waals surface area contributed by atoms with E-state index >= 15 is 0 Å². The molecule has 156 valence electrons. The molecular formula is C20H24N2O6S. The molecular weight excluding hydrogens is 396 g/mol. The van der Waals surface area contributed by atoms with E-state index in [1.54, 1.807) is 62.4 Å². The number of benzene rings is 2. The van der Waals surface area contributed by atoms with Crippen molar-refractivity contribution in [1.29, 1.82) is 0 Å². The maximum atomic E-state index is 12.5. The van der Waals surface area contributed by atoms with E-state index in [4.69, 9.17) is 9.47 Å². The van der Waals surface area contributed by atoms with Gasteiger partial charge in [0.25, 0.3) is 5.91 Å². The maximum Gasteiger partial charge on any atom is 0.340 e. The summed E-state index contributed by atoms with van der Waals surface area (Å²) in [4.78, 5) is 24.5. The van der Waals surface area contributed by atoms with Crippen molar-refractivity contribution in [2.75, 3.05) is 29.5 Å². The average molecular weight is 420 g/mol. The predicted octanol–water partition coefficient (Wildman–Crippen LogP) is 2.67. The third-order valence-electron chi connectivity index (χ3n) is 4.06. The topological polar surface area (TPSA) is 102 Å². The molecule has 0 bridgehead atoms. The summed E-state index contributed by atoms with van der Waals surface area (Å²) in [5, 5.41) is 2.67. The third-order valence-corrected chi connectivity index (χ3v) is 5.27. The largest absolute Gasteiger partial charge is 0.481 e. The molecule has 1 amide bonds. The van der Waals surface area contributed by atoms with Crippen LogP contribution in [-0.2, 0) is 19.6 Å². The van der Waals surface area contributed by atoms with Crippen molar-refractivity contribution in [3.8, 4) is 5.75 Å². The van der Waals surface area contributed by atoms with Crippen LogP contribution in [0, 0.1) is 0 Å². The van der Waals surface area contributed by atoms with Crippen LogP contribution in [-0.4, -0.2) is 46.3 Å². The molecule has 0 heterocycles. The molecule has 2 aromatic rings. The lowest BCUT2D eigenvalue weighted by atomic mass is 10.1. The van der Waals surface area contributed by atoms with Gasteiger partial charge in [0.15, 0.2) is 6.10 Å². The lowest BCUT2D eigenvalue weighted by Gasteiger charge is -2.18. The van der Waals surface area contributed by atoms with Gasteiger partial charge in [-0.15, -0.1) is 0 Å². The van der Waals surface area contributed by atoms with Crippen LogP contribution >= 0.6 is 0 Å². The number of anilines is 2. The number of esters is 1. The molecule has 2 rings (SSSR count). The number of amides is 1. The zero-order valence-corrected chi connectivity index (χ0v) is 17.5. The fourth-order valence-electron chi connectivity index (χ4n) is 2.40. The SMILES string of the molecule is CCOC(=O)c1ccccc1NC(=O)[C@@H](C)Oc1ccc(N(C)S(C)(=O)=O)cc1. The van der Waals surface area contributed by atoms with Crippen LogP contribution < -0.4 is 14.4 Å². The summed E-state index contributed by atoms with van der Waals surface area (Å²) < 4.78 is 34.9. The molecule has 1 N–H and O–H groups in total. The van der Waals surface area contributed by atoms with Gasteiger partial charge in [0.05, 0.1) is 29.8 Å². The number of sulfonamides is 1. The molecule has 0 saturated heterocycles. The van der Waals surface area contributed by atoms with Gasteiger partial charge in [-0.3, -0.25) is 9.10 Å². The number of para-hydroxylation sites is 1. The Morgan fingerprint density at radius 2 is 1.72 bits per heavy atom. The maximum absolute atomic E-state index is 12.5. The highest BCUT2D eigenvalue weighted by atomic mass is 32.2. The van der Waals surface area contributed by atoms with E-state index in [-0.39, 0.29) is 12.2 Å². The van der Waals surface area contributed by atoms with Crippen molar-refractivity contribution >= 4 is 33.3 Å². The Labute approximate surface area is 170 Å². The van der Waals surface area contributed by atoms with E-state index in [1.807, 2.05) is 0 Å². The summed E-state index contributed by atoms with van der Waals surface area (Å²) in [6, 6.07) is 12.9. The van der Waals surface area contributed by atoms with E-state index in [1.165, 1.54) is 7.05 Å².